The summed E-state index contributed by atoms with van der Waals surface area (Å²) in [6, 6.07) is 19.5. The summed E-state index contributed by atoms with van der Waals surface area (Å²) in [5, 5.41) is 9.94. The molecule has 3 rings (SSSR count). The largest absolute Gasteiger partial charge is 0.508 e. The first kappa shape index (κ1) is 16.0. The quantitative estimate of drug-likeness (QED) is 0.940. The molecule has 3 heteroatoms. The number of likely N-dealkylation sites (N-methyl/N-ethyl adjacent to an activating group) is 1. The molecule has 3 atom stereocenters. The smallest absolute Gasteiger partial charge is 0.115 e. The van der Waals surface area contributed by atoms with Gasteiger partial charge >= 0.3 is 0 Å². The maximum atomic E-state index is 9.94. The molecule has 2 aromatic rings. The second-order valence-corrected chi connectivity index (χ2v) is 6.74. The number of benzene rings is 2. The molecular formula is C20H26N2O. The van der Waals surface area contributed by atoms with E-state index in [4.69, 9.17) is 0 Å². The standard InChI is InChI=1S/C20H26N2O/c1-15-14-22(16(2)13-21(15)3)20(17-8-5-4-6-9-17)18-10-7-11-19(23)12-18/h4-12,15-16,20,23H,13-14H2,1-3H3/t15-,16+,20+/m0/s1. The van der Waals surface area contributed by atoms with Crippen LogP contribution in [0.3, 0.4) is 0 Å². The van der Waals surface area contributed by atoms with Crippen LogP contribution in [0.15, 0.2) is 54.6 Å². The van der Waals surface area contributed by atoms with Crippen molar-refractivity contribution in [3.05, 3.63) is 65.7 Å². The molecule has 0 amide bonds. The predicted octanol–water partition coefficient (Wildman–Crippen LogP) is 3.51. The van der Waals surface area contributed by atoms with Crippen molar-refractivity contribution in [3.8, 4) is 5.75 Å². The summed E-state index contributed by atoms with van der Waals surface area (Å²) in [4.78, 5) is 4.99. The Hall–Kier alpha value is -1.84. The van der Waals surface area contributed by atoms with Gasteiger partial charge in [0.2, 0.25) is 0 Å². The third-order valence-corrected chi connectivity index (χ3v) is 4.98. The molecule has 0 radical (unpaired) electrons. The molecule has 2 aromatic carbocycles. The normalized spacial score (nSPS) is 24.5. The van der Waals surface area contributed by atoms with Crippen LogP contribution in [-0.2, 0) is 0 Å². The Kier molecular flexibility index (Phi) is 4.69. The van der Waals surface area contributed by atoms with Crippen LogP contribution < -0.4 is 0 Å². The molecule has 0 unspecified atom stereocenters. The van der Waals surface area contributed by atoms with Gasteiger partial charge in [0.05, 0.1) is 6.04 Å². The van der Waals surface area contributed by atoms with Crippen molar-refractivity contribution in [2.24, 2.45) is 0 Å². The highest BCUT2D eigenvalue weighted by Gasteiger charge is 2.33. The Morgan fingerprint density at radius 3 is 2.30 bits per heavy atom. The summed E-state index contributed by atoms with van der Waals surface area (Å²) in [6.07, 6.45) is 0. The SMILES string of the molecule is C[C@@H]1CN(C)[C@@H](C)CN1[C@H](c1ccccc1)c1cccc(O)c1. The highest BCUT2D eigenvalue weighted by molar-refractivity contribution is 5.36. The molecule has 23 heavy (non-hydrogen) atoms. The van der Waals surface area contributed by atoms with Crippen LogP contribution in [0.2, 0.25) is 0 Å². The van der Waals surface area contributed by atoms with E-state index in [1.165, 1.54) is 5.56 Å². The van der Waals surface area contributed by atoms with E-state index in [2.05, 4.69) is 67.1 Å². The van der Waals surface area contributed by atoms with Crippen molar-refractivity contribution in [2.75, 3.05) is 20.1 Å². The van der Waals surface area contributed by atoms with Gasteiger partial charge in [0.25, 0.3) is 0 Å². The molecule has 1 heterocycles. The molecule has 1 saturated heterocycles. The monoisotopic (exact) mass is 310 g/mol. The molecule has 1 aliphatic heterocycles. The van der Waals surface area contributed by atoms with E-state index in [1.807, 2.05) is 12.1 Å². The second-order valence-electron chi connectivity index (χ2n) is 6.74. The van der Waals surface area contributed by atoms with Crippen molar-refractivity contribution >= 4 is 0 Å². The summed E-state index contributed by atoms with van der Waals surface area (Å²) < 4.78 is 0. The predicted molar refractivity (Wildman–Crippen MR) is 94.7 cm³/mol. The number of phenolic OH excluding ortho intramolecular Hbond substituents is 1. The molecule has 0 bridgehead atoms. The average molecular weight is 310 g/mol. The highest BCUT2D eigenvalue weighted by atomic mass is 16.3. The van der Waals surface area contributed by atoms with Crippen molar-refractivity contribution in [1.29, 1.82) is 0 Å². The zero-order chi connectivity index (χ0) is 16.4. The Balaban J connectivity index is 2.02. The lowest BCUT2D eigenvalue weighted by Crippen LogP contribution is -2.55. The van der Waals surface area contributed by atoms with Gasteiger partial charge in [-0.3, -0.25) is 4.90 Å². The number of piperazine rings is 1. The average Bonchev–Trinajstić information content (AvgIpc) is 2.54. The zero-order valence-corrected chi connectivity index (χ0v) is 14.2. The fraction of sp³-hybridized carbons (Fsp3) is 0.400. The van der Waals surface area contributed by atoms with Crippen molar-refractivity contribution in [1.82, 2.24) is 9.80 Å². The van der Waals surface area contributed by atoms with E-state index < -0.39 is 0 Å². The van der Waals surface area contributed by atoms with Crippen LogP contribution in [0.1, 0.15) is 31.0 Å². The van der Waals surface area contributed by atoms with Gasteiger partial charge in [-0.05, 0) is 44.2 Å². The van der Waals surface area contributed by atoms with Crippen LogP contribution in [0.4, 0.5) is 0 Å². The van der Waals surface area contributed by atoms with E-state index in [0.717, 1.165) is 18.7 Å². The van der Waals surface area contributed by atoms with Gasteiger partial charge in [-0.1, -0.05) is 42.5 Å². The minimum Gasteiger partial charge on any atom is -0.508 e. The number of hydrogen-bond donors (Lipinski definition) is 1. The van der Waals surface area contributed by atoms with Gasteiger partial charge in [-0.15, -0.1) is 0 Å². The first-order chi connectivity index (χ1) is 11.1. The molecular weight excluding hydrogens is 284 g/mol. The van der Waals surface area contributed by atoms with Crippen LogP contribution in [0, 0.1) is 0 Å². The lowest BCUT2D eigenvalue weighted by Gasteiger charge is -2.46. The first-order valence-corrected chi connectivity index (χ1v) is 8.36. The summed E-state index contributed by atoms with van der Waals surface area (Å²) in [5.74, 6) is 0.332. The first-order valence-electron chi connectivity index (χ1n) is 8.36. The Morgan fingerprint density at radius 2 is 1.61 bits per heavy atom. The van der Waals surface area contributed by atoms with E-state index in [9.17, 15) is 5.11 Å². The highest BCUT2D eigenvalue weighted by Crippen LogP contribution is 2.33. The van der Waals surface area contributed by atoms with Crippen LogP contribution in [0.5, 0.6) is 5.75 Å². The molecule has 1 fully saturated rings. The number of phenols is 1. The molecule has 1 N–H and O–H groups in total. The van der Waals surface area contributed by atoms with Crippen LogP contribution >= 0.6 is 0 Å². The van der Waals surface area contributed by atoms with Gasteiger partial charge in [0, 0.05) is 25.2 Å². The molecule has 3 nitrogen and oxygen atoms in total. The molecule has 0 aliphatic carbocycles. The third kappa shape index (κ3) is 3.41. The molecule has 1 aliphatic rings. The fourth-order valence-corrected chi connectivity index (χ4v) is 3.59. The maximum Gasteiger partial charge on any atom is 0.115 e. The molecule has 122 valence electrons. The summed E-state index contributed by atoms with van der Waals surface area (Å²) in [6.45, 7) is 6.65. The van der Waals surface area contributed by atoms with Crippen LogP contribution in [0.25, 0.3) is 0 Å². The van der Waals surface area contributed by atoms with E-state index in [-0.39, 0.29) is 6.04 Å². The van der Waals surface area contributed by atoms with Gasteiger partial charge in [0.1, 0.15) is 5.75 Å². The fourth-order valence-electron chi connectivity index (χ4n) is 3.59. The Morgan fingerprint density at radius 1 is 0.913 bits per heavy atom. The van der Waals surface area contributed by atoms with Crippen molar-refractivity contribution < 1.29 is 5.11 Å². The number of aromatic hydroxyl groups is 1. The summed E-state index contributed by atoms with van der Waals surface area (Å²) in [5.41, 5.74) is 2.43. The van der Waals surface area contributed by atoms with Gasteiger partial charge in [-0.2, -0.15) is 0 Å². The van der Waals surface area contributed by atoms with E-state index >= 15 is 0 Å². The summed E-state index contributed by atoms with van der Waals surface area (Å²) >= 11 is 0. The molecule has 0 saturated carbocycles. The van der Waals surface area contributed by atoms with Gasteiger partial charge in [0.15, 0.2) is 0 Å². The number of hydrogen-bond acceptors (Lipinski definition) is 3. The lowest BCUT2D eigenvalue weighted by atomic mass is 9.93. The maximum absolute atomic E-state index is 9.94. The van der Waals surface area contributed by atoms with E-state index in [1.54, 1.807) is 6.07 Å². The lowest BCUT2D eigenvalue weighted by molar-refractivity contribution is 0.0389. The Bertz CT molecular complexity index is 643. The Labute approximate surface area is 139 Å². The number of nitrogens with zero attached hydrogens (tertiary/aromatic N) is 2. The minimum atomic E-state index is 0.175. The van der Waals surface area contributed by atoms with E-state index in [0.29, 0.717) is 17.8 Å². The van der Waals surface area contributed by atoms with Crippen molar-refractivity contribution in [3.63, 3.8) is 0 Å². The topological polar surface area (TPSA) is 26.7 Å². The number of rotatable bonds is 3. The molecule has 0 aromatic heterocycles. The van der Waals surface area contributed by atoms with Gasteiger partial charge in [-0.25, -0.2) is 0 Å². The third-order valence-electron chi connectivity index (χ3n) is 4.98. The summed E-state index contributed by atoms with van der Waals surface area (Å²) in [7, 11) is 2.20. The van der Waals surface area contributed by atoms with Gasteiger partial charge < -0.3 is 10.0 Å². The zero-order valence-electron chi connectivity index (χ0n) is 14.2. The minimum absolute atomic E-state index is 0.175. The van der Waals surface area contributed by atoms with Crippen molar-refractivity contribution in [2.45, 2.75) is 32.0 Å². The van der Waals surface area contributed by atoms with Crippen LogP contribution in [-0.4, -0.2) is 47.1 Å². The molecule has 0 spiro atoms. The second kappa shape index (κ2) is 6.73.